The Morgan fingerprint density at radius 3 is 2.28 bits per heavy atom. The highest BCUT2D eigenvalue weighted by molar-refractivity contribution is 5.93. The molecule has 6 heteroatoms. The van der Waals surface area contributed by atoms with Gasteiger partial charge in [-0.3, -0.25) is 25.2 Å². The fraction of sp³-hybridized carbons (Fsp3) is 0.632. The molecule has 4 saturated carbocycles. The van der Waals surface area contributed by atoms with E-state index in [-0.39, 0.29) is 22.6 Å². The second-order valence-electron chi connectivity index (χ2n) is 8.40. The van der Waals surface area contributed by atoms with Gasteiger partial charge in [0.25, 0.3) is 11.5 Å². The van der Waals surface area contributed by atoms with Gasteiger partial charge in [-0.1, -0.05) is 6.07 Å². The average Bonchev–Trinajstić information content (AvgIpc) is 2.53. The van der Waals surface area contributed by atoms with Crippen LogP contribution in [0.4, 0.5) is 0 Å². The Morgan fingerprint density at radius 1 is 1.08 bits per heavy atom. The summed E-state index contributed by atoms with van der Waals surface area (Å²) in [6, 6.07) is 4.49. The Bertz CT molecular complexity index is 732. The minimum atomic E-state index is -0.473. The topological polar surface area (TPSA) is 80.2 Å². The lowest BCUT2D eigenvalue weighted by Crippen LogP contribution is -2.50. The quantitative estimate of drug-likeness (QED) is 0.821. The first-order valence-corrected chi connectivity index (χ1v) is 9.19. The van der Waals surface area contributed by atoms with Crippen molar-refractivity contribution in [1.29, 1.82) is 0 Å². The molecule has 4 aliphatic rings. The smallest absolute Gasteiger partial charge is 0.286 e. The van der Waals surface area contributed by atoms with E-state index in [0.717, 1.165) is 37.0 Å². The number of hydrogen-bond acceptors (Lipinski definition) is 3. The Balaban J connectivity index is 1.36. The molecule has 0 unspecified atom stereocenters. The molecule has 1 heterocycles. The summed E-state index contributed by atoms with van der Waals surface area (Å²) in [6.45, 7) is 0. The number of nitrogens with zero attached hydrogens (tertiary/aromatic N) is 1. The highest BCUT2D eigenvalue weighted by Crippen LogP contribution is 2.61. The molecule has 25 heavy (non-hydrogen) atoms. The van der Waals surface area contributed by atoms with Crippen molar-refractivity contribution in [2.24, 2.45) is 30.2 Å². The van der Waals surface area contributed by atoms with Crippen molar-refractivity contribution in [2.75, 3.05) is 0 Å². The van der Waals surface area contributed by atoms with E-state index >= 15 is 0 Å². The maximum Gasteiger partial charge on any atom is 0.286 e. The third-order valence-electron chi connectivity index (χ3n) is 6.43. The van der Waals surface area contributed by atoms with Gasteiger partial charge in [0.1, 0.15) is 5.69 Å². The van der Waals surface area contributed by atoms with Crippen LogP contribution in [0.25, 0.3) is 0 Å². The first-order valence-electron chi connectivity index (χ1n) is 9.19. The van der Waals surface area contributed by atoms with Gasteiger partial charge < -0.3 is 4.57 Å². The van der Waals surface area contributed by atoms with Gasteiger partial charge in [-0.2, -0.15) is 0 Å². The normalized spacial score (nSPS) is 32.4. The van der Waals surface area contributed by atoms with Gasteiger partial charge in [0.2, 0.25) is 5.91 Å². The van der Waals surface area contributed by atoms with Crippen LogP contribution in [0.3, 0.4) is 0 Å². The Kier molecular flexibility index (Phi) is 3.93. The molecule has 0 spiro atoms. The van der Waals surface area contributed by atoms with Crippen LogP contribution in [-0.2, 0) is 11.8 Å². The van der Waals surface area contributed by atoms with Crippen molar-refractivity contribution >= 4 is 11.8 Å². The van der Waals surface area contributed by atoms with Crippen LogP contribution >= 0.6 is 0 Å². The lowest BCUT2D eigenvalue weighted by atomic mass is 9.49. The first-order chi connectivity index (χ1) is 11.9. The number of pyridine rings is 1. The van der Waals surface area contributed by atoms with E-state index in [2.05, 4.69) is 10.9 Å². The minimum absolute atomic E-state index is 0.128. The second kappa shape index (κ2) is 6.00. The molecule has 1 aromatic rings. The zero-order valence-corrected chi connectivity index (χ0v) is 14.6. The zero-order valence-electron chi connectivity index (χ0n) is 14.6. The fourth-order valence-corrected chi connectivity index (χ4v) is 5.87. The van der Waals surface area contributed by atoms with E-state index in [1.807, 2.05) is 0 Å². The van der Waals surface area contributed by atoms with Gasteiger partial charge in [-0.25, -0.2) is 0 Å². The fourth-order valence-electron chi connectivity index (χ4n) is 5.87. The summed E-state index contributed by atoms with van der Waals surface area (Å²) >= 11 is 0. The van der Waals surface area contributed by atoms with E-state index in [0.29, 0.717) is 6.42 Å². The van der Waals surface area contributed by atoms with Crippen molar-refractivity contribution < 1.29 is 9.59 Å². The summed E-state index contributed by atoms with van der Waals surface area (Å²) in [5, 5.41) is 0. The summed E-state index contributed by atoms with van der Waals surface area (Å²) in [4.78, 5) is 36.2. The van der Waals surface area contributed by atoms with Crippen molar-refractivity contribution in [3.63, 3.8) is 0 Å². The molecule has 4 fully saturated rings. The van der Waals surface area contributed by atoms with E-state index in [1.165, 1.54) is 43.0 Å². The number of amides is 2. The standard InChI is InChI=1S/C19H25N3O3/c1-22-15(3-2-4-17(22)24)18(25)21-20-16(23)11-19-8-12-5-13(9-19)7-14(6-12)10-19/h2-4,12-14H,5-11H2,1H3,(H,20,23)(H,21,25). The Labute approximate surface area is 147 Å². The number of nitrogens with one attached hydrogen (secondary N) is 2. The average molecular weight is 343 g/mol. The van der Waals surface area contributed by atoms with Crippen molar-refractivity contribution in [3.05, 3.63) is 34.2 Å². The van der Waals surface area contributed by atoms with Gasteiger partial charge in [-0.15, -0.1) is 0 Å². The van der Waals surface area contributed by atoms with Gasteiger partial charge in [0, 0.05) is 19.5 Å². The van der Waals surface area contributed by atoms with Crippen LogP contribution in [0.1, 0.15) is 55.4 Å². The predicted molar refractivity (Wildman–Crippen MR) is 92.5 cm³/mol. The number of carbonyl (C=O) groups excluding carboxylic acids is 2. The number of hydrogen-bond donors (Lipinski definition) is 2. The molecule has 1 aromatic heterocycles. The molecular weight excluding hydrogens is 318 g/mol. The summed E-state index contributed by atoms with van der Waals surface area (Å²) in [5.74, 6) is 1.79. The Hall–Kier alpha value is -2.11. The molecule has 4 bridgehead atoms. The van der Waals surface area contributed by atoms with E-state index in [4.69, 9.17) is 0 Å². The highest BCUT2D eigenvalue weighted by atomic mass is 16.2. The monoisotopic (exact) mass is 343 g/mol. The molecule has 0 aliphatic heterocycles. The van der Waals surface area contributed by atoms with Gasteiger partial charge in [0.15, 0.2) is 0 Å². The number of rotatable bonds is 3. The lowest BCUT2D eigenvalue weighted by molar-refractivity contribution is -0.130. The van der Waals surface area contributed by atoms with Crippen molar-refractivity contribution in [3.8, 4) is 0 Å². The molecule has 134 valence electrons. The zero-order chi connectivity index (χ0) is 17.6. The van der Waals surface area contributed by atoms with Crippen LogP contribution in [0, 0.1) is 23.2 Å². The van der Waals surface area contributed by atoms with E-state index in [9.17, 15) is 14.4 Å². The molecule has 0 radical (unpaired) electrons. The number of carbonyl (C=O) groups is 2. The molecule has 6 nitrogen and oxygen atoms in total. The molecule has 2 amide bonds. The first kappa shape index (κ1) is 16.4. The van der Waals surface area contributed by atoms with Gasteiger partial charge >= 0.3 is 0 Å². The summed E-state index contributed by atoms with van der Waals surface area (Å²) in [6.07, 6.45) is 8.01. The third-order valence-corrected chi connectivity index (χ3v) is 6.43. The van der Waals surface area contributed by atoms with Crippen LogP contribution in [0.2, 0.25) is 0 Å². The highest BCUT2D eigenvalue weighted by Gasteiger charge is 2.51. The summed E-state index contributed by atoms with van der Waals surface area (Å²) < 4.78 is 1.26. The summed E-state index contributed by atoms with van der Waals surface area (Å²) in [7, 11) is 1.54. The number of aromatic nitrogens is 1. The predicted octanol–water partition coefficient (Wildman–Crippen LogP) is 1.75. The van der Waals surface area contributed by atoms with Crippen LogP contribution < -0.4 is 16.4 Å². The molecule has 0 saturated heterocycles. The van der Waals surface area contributed by atoms with E-state index in [1.54, 1.807) is 6.07 Å². The number of hydrazine groups is 1. The molecule has 4 aliphatic carbocycles. The molecular formula is C19H25N3O3. The SMILES string of the molecule is Cn1c(C(=O)NNC(=O)CC23CC4CC(CC(C4)C2)C3)cccc1=O. The maximum absolute atomic E-state index is 12.4. The van der Waals surface area contributed by atoms with Gasteiger partial charge in [0.05, 0.1) is 0 Å². The van der Waals surface area contributed by atoms with Gasteiger partial charge in [-0.05, 0) is 67.8 Å². The molecule has 0 atom stereocenters. The minimum Gasteiger partial charge on any atom is -0.307 e. The van der Waals surface area contributed by atoms with Crippen LogP contribution in [-0.4, -0.2) is 16.4 Å². The van der Waals surface area contributed by atoms with Crippen molar-refractivity contribution in [2.45, 2.75) is 44.9 Å². The Morgan fingerprint density at radius 2 is 1.68 bits per heavy atom. The third kappa shape index (κ3) is 3.10. The lowest BCUT2D eigenvalue weighted by Gasteiger charge is -2.56. The second-order valence-corrected chi connectivity index (χ2v) is 8.40. The van der Waals surface area contributed by atoms with Crippen LogP contribution in [0.15, 0.2) is 23.0 Å². The van der Waals surface area contributed by atoms with Crippen molar-refractivity contribution in [1.82, 2.24) is 15.4 Å². The van der Waals surface area contributed by atoms with E-state index < -0.39 is 5.91 Å². The molecule has 2 N–H and O–H groups in total. The largest absolute Gasteiger partial charge is 0.307 e. The van der Waals surface area contributed by atoms with Crippen LogP contribution in [0.5, 0.6) is 0 Å². The maximum atomic E-state index is 12.4. The molecule has 0 aromatic carbocycles. The molecule has 5 rings (SSSR count). The summed E-state index contributed by atoms with van der Waals surface area (Å²) in [5.41, 5.74) is 5.11.